The Morgan fingerprint density at radius 1 is 1.29 bits per heavy atom. The number of nitrogens with zero attached hydrogens (tertiary/aromatic N) is 1. The molecular formula is C11H18N2O. The molecule has 2 rings (SSSR count). The van der Waals surface area contributed by atoms with Crippen molar-refractivity contribution in [1.29, 1.82) is 5.26 Å². The smallest absolute Gasteiger partial charge is 0.130 e. The number of ether oxygens (including phenoxy) is 1. The van der Waals surface area contributed by atoms with Crippen LogP contribution in [-0.4, -0.2) is 24.8 Å². The molecule has 3 heteroatoms. The van der Waals surface area contributed by atoms with Crippen LogP contribution in [0.3, 0.4) is 0 Å². The molecule has 14 heavy (non-hydrogen) atoms. The molecule has 3 nitrogen and oxygen atoms in total. The summed E-state index contributed by atoms with van der Waals surface area (Å²) in [6.45, 7) is 1.38. The van der Waals surface area contributed by atoms with E-state index in [0.717, 1.165) is 19.4 Å². The zero-order chi connectivity index (χ0) is 9.86. The molecule has 2 aliphatic rings. The molecule has 1 saturated heterocycles. The van der Waals surface area contributed by atoms with Crippen molar-refractivity contribution < 1.29 is 4.74 Å². The van der Waals surface area contributed by atoms with Crippen molar-refractivity contribution in [3.05, 3.63) is 0 Å². The van der Waals surface area contributed by atoms with Crippen LogP contribution in [0, 0.1) is 11.3 Å². The van der Waals surface area contributed by atoms with Crippen molar-refractivity contribution >= 4 is 0 Å². The Kier molecular flexibility index (Phi) is 3.05. The molecule has 0 aromatic carbocycles. The van der Waals surface area contributed by atoms with E-state index in [9.17, 15) is 5.26 Å². The predicted octanol–water partition coefficient (Wildman–Crippen LogP) is 1.59. The summed E-state index contributed by atoms with van der Waals surface area (Å²) in [5.41, 5.74) is -0.382. The van der Waals surface area contributed by atoms with E-state index in [1.807, 2.05) is 0 Å². The molecule has 0 spiro atoms. The van der Waals surface area contributed by atoms with Gasteiger partial charge in [-0.3, -0.25) is 5.32 Å². The van der Waals surface area contributed by atoms with E-state index in [0.29, 0.717) is 12.6 Å². The monoisotopic (exact) mass is 194 g/mol. The van der Waals surface area contributed by atoms with Gasteiger partial charge in [0.05, 0.1) is 12.7 Å². The number of hydrogen-bond donors (Lipinski definition) is 1. The fourth-order valence-electron chi connectivity index (χ4n) is 2.49. The van der Waals surface area contributed by atoms with Gasteiger partial charge in [-0.2, -0.15) is 5.26 Å². The number of rotatable bonds is 2. The van der Waals surface area contributed by atoms with E-state index < -0.39 is 0 Å². The highest BCUT2D eigenvalue weighted by Gasteiger charge is 2.35. The Morgan fingerprint density at radius 2 is 2.07 bits per heavy atom. The summed E-state index contributed by atoms with van der Waals surface area (Å²) < 4.78 is 5.40. The summed E-state index contributed by atoms with van der Waals surface area (Å²) in [5, 5.41) is 12.7. The van der Waals surface area contributed by atoms with Crippen LogP contribution in [-0.2, 0) is 4.74 Å². The fourth-order valence-corrected chi connectivity index (χ4v) is 2.49. The number of nitrogens with one attached hydrogen (secondary N) is 1. The second-order valence-electron chi connectivity index (χ2n) is 4.48. The second kappa shape index (κ2) is 4.29. The van der Waals surface area contributed by atoms with Gasteiger partial charge in [-0.05, 0) is 25.7 Å². The van der Waals surface area contributed by atoms with Crippen molar-refractivity contribution in [2.24, 2.45) is 0 Å². The molecule has 1 heterocycles. The van der Waals surface area contributed by atoms with Crippen LogP contribution < -0.4 is 5.32 Å². The summed E-state index contributed by atoms with van der Waals surface area (Å²) in [4.78, 5) is 0. The van der Waals surface area contributed by atoms with E-state index in [1.54, 1.807) is 0 Å². The third-order valence-electron chi connectivity index (χ3n) is 3.29. The van der Waals surface area contributed by atoms with Crippen LogP contribution >= 0.6 is 0 Å². The van der Waals surface area contributed by atoms with Crippen molar-refractivity contribution in [3.63, 3.8) is 0 Å². The maximum atomic E-state index is 9.21. The minimum absolute atomic E-state index is 0.382. The maximum Gasteiger partial charge on any atom is 0.130 e. The normalized spacial score (nSPS) is 34.2. The van der Waals surface area contributed by atoms with Crippen LogP contribution in [0.25, 0.3) is 0 Å². The van der Waals surface area contributed by atoms with Crippen LogP contribution in [0.5, 0.6) is 0 Å². The zero-order valence-corrected chi connectivity index (χ0v) is 8.59. The van der Waals surface area contributed by atoms with E-state index in [4.69, 9.17) is 4.74 Å². The largest absolute Gasteiger partial charge is 0.378 e. The molecule has 2 fully saturated rings. The number of hydrogen-bond acceptors (Lipinski definition) is 3. The van der Waals surface area contributed by atoms with Crippen LogP contribution in [0.15, 0.2) is 0 Å². The third-order valence-corrected chi connectivity index (χ3v) is 3.29. The van der Waals surface area contributed by atoms with Gasteiger partial charge in [-0.15, -0.1) is 0 Å². The second-order valence-corrected chi connectivity index (χ2v) is 4.48. The zero-order valence-electron chi connectivity index (χ0n) is 8.59. The van der Waals surface area contributed by atoms with Gasteiger partial charge in [0.25, 0.3) is 0 Å². The van der Waals surface area contributed by atoms with Crippen LogP contribution in [0.4, 0.5) is 0 Å². The summed E-state index contributed by atoms with van der Waals surface area (Å²) in [5.74, 6) is 0. The van der Waals surface area contributed by atoms with Gasteiger partial charge in [-0.1, -0.05) is 12.8 Å². The standard InChI is InChI=1S/C11H18N2O/c12-8-11(6-3-7-14-9-11)13-10-4-1-2-5-10/h10,13H,1-7,9H2. The van der Waals surface area contributed by atoms with Crippen LogP contribution in [0.1, 0.15) is 38.5 Å². The summed E-state index contributed by atoms with van der Waals surface area (Å²) in [6, 6.07) is 2.96. The van der Waals surface area contributed by atoms with E-state index in [-0.39, 0.29) is 5.54 Å². The topological polar surface area (TPSA) is 45.0 Å². The first kappa shape index (κ1) is 9.95. The first-order valence-corrected chi connectivity index (χ1v) is 5.61. The van der Waals surface area contributed by atoms with Crippen molar-refractivity contribution in [2.75, 3.05) is 13.2 Å². The molecule has 0 radical (unpaired) electrons. The molecule has 0 bridgehead atoms. The number of nitriles is 1. The Labute approximate surface area is 85.4 Å². The van der Waals surface area contributed by atoms with Gasteiger partial charge in [0.1, 0.15) is 5.54 Å². The Bertz CT molecular complexity index is 222. The highest BCUT2D eigenvalue weighted by molar-refractivity contribution is 5.09. The fraction of sp³-hybridized carbons (Fsp3) is 0.909. The Hall–Kier alpha value is -0.590. The predicted molar refractivity (Wildman–Crippen MR) is 53.8 cm³/mol. The van der Waals surface area contributed by atoms with Crippen molar-refractivity contribution in [3.8, 4) is 6.07 Å². The minimum Gasteiger partial charge on any atom is -0.378 e. The van der Waals surface area contributed by atoms with E-state index in [1.165, 1.54) is 25.7 Å². The molecule has 78 valence electrons. The van der Waals surface area contributed by atoms with Gasteiger partial charge in [0.15, 0.2) is 0 Å². The Balaban J connectivity index is 1.93. The third kappa shape index (κ3) is 2.08. The lowest BCUT2D eigenvalue weighted by atomic mass is 9.93. The minimum atomic E-state index is -0.382. The van der Waals surface area contributed by atoms with Gasteiger partial charge in [0, 0.05) is 12.6 Å². The molecular weight excluding hydrogens is 176 g/mol. The maximum absolute atomic E-state index is 9.21. The van der Waals surface area contributed by atoms with Gasteiger partial charge < -0.3 is 4.74 Å². The molecule has 1 aliphatic heterocycles. The van der Waals surface area contributed by atoms with Gasteiger partial charge in [0.2, 0.25) is 0 Å². The van der Waals surface area contributed by atoms with Crippen LogP contribution in [0.2, 0.25) is 0 Å². The summed E-state index contributed by atoms with van der Waals surface area (Å²) in [7, 11) is 0. The quantitative estimate of drug-likeness (QED) is 0.726. The van der Waals surface area contributed by atoms with Gasteiger partial charge in [-0.25, -0.2) is 0 Å². The molecule has 1 unspecified atom stereocenters. The Morgan fingerprint density at radius 3 is 2.64 bits per heavy atom. The van der Waals surface area contributed by atoms with E-state index in [2.05, 4.69) is 11.4 Å². The molecule has 1 saturated carbocycles. The molecule has 1 atom stereocenters. The lowest BCUT2D eigenvalue weighted by Crippen LogP contribution is -2.53. The van der Waals surface area contributed by atoms with Gasteiger partial charge >= 0.3 is 0 Å². The molecule has 0 amide bonds. The molecule has 1 N–H and O–H groups in total. The average Bonchev–Trinajstić information content (AvgIpc) is 2.72. The average molecular weight is 194 g/mol. The first-order chi connectivity index (χ1) is 6.85. The van der Waals surface area contributed by atoms with Crippen molar-refractivity contribution in [2.45, 2.75) is 50.1 Å². The highest BCUT2D eigenvalue weighted by Crippen LogP contribution is 2.24. The lowest BCUT2D eigenvalue weighted by Gasteiger charge is -2.34. The van der Waals surface area contributed by atoms with Crippen molar-refractivity contribution in [1.82, 2.24) is 5.32 Å². The van der Waals surface area contributed by atoms with E-state index >= 15 is 0 Å². The first-order valence-electron chi connectivity index (χ1n) is 5.61. The SMILES string of the molecule is N#CC1(NC2CCCC2)CCCOC1. The highest BCUT2D eigenvalue weighted by atomic mass is 16.5. The summed E-state index contributed by atoms with van der Waals surface area (Å²) in [6.07, 6.45) is 7.01. The molecule has 0 aromatic rings. The summed E-state index contributed by atoms with van der Waals surface area (Å²) >= 11 is 0. The molecule has 1 aliphatic carbocycles. The molecule has 0 aromatic heterocycles. The lowest BCUT2D eigenvalue weighted by molar-refractivity contribution is 0.0395.